The smallest absolute Gasteiger partial charge is 0.262 e. The van der Waals surface area contributed by atoms with E-state index in [2.05, 4.69) is 217 Å². The molecule has 3 aliphatic heterocycles. The van der Waals surface area contributed by atoms with E-state index >= 15 is 0 Å². The summed E-state index contributed by atoms with van der Waals surface area (Å²) in [7, 11) is 0. The van der Waals surface area contributed by atoms with Crippen molar-refractivity contribution in [3.05, 3.63) is 187 Å². The molecular weight excluding hydrogens is 832 g/mol. The maximum atomic E-state index is 8.14. The normalized spacial score (nSPS) is 13.5. The van der Waals surface area contributed by atoms with Gasteiger partial charge in [-0.2, -0.15) is 0 Å². The van der Waals surface area contributed by atoms with E-state index in [1.165, 1.54) is 105 Å². The van der Waals surface area contributed by atoms with Gasteiger partial charge in [-0.1, -0.05) is 115 Å². The first kappa shape index (κ1) is 34.5. The molecule has 0 spiro atoms. The van der Waals surface area contributed by atoms with Gasteiger partial charge in [0.05, 0.1) is 65.9 Å². The Balaban J connectivity index is 1.17. The molecule has 68 heavy (non-hydrogen) atoms. The highest BCUT2D eigenvalue weighted by molar-refractivity contribution is 7.02. The van der Waals surface area contributed by atoms with Crippen LogP contribution < -0.4 is 21.1 Å². The van der Waals surface area contributed by atoms with Crippen LogP contribution in [0.15, 0.2) is 176 Å². The molecule has 0 N–H and O–H groups in total. The molecule has 15 aromatic rings. The van der Waals surface area contributed by atoms with Crippen molar-refractivity contribution in [1.82, 2.24) is 27.1 Å². The highest BCUT2D eigenvalue weighted by Gasteiger charge is 2.50. The molecule has 9 heterocycles. The van der Waals surface area contributed by atoms with Crippen molar-refractivity contribution in [1.29, 1.82) is 0 Å². The lowest BCUT2D eigenvalue weighted by Crippen LogP contribution is -2.61. The second kappa shape index (κ2) is 11.4. The Hall–Kier alpha value is -8.88. The molecule has 0 saturated heterocycles. The standard InChI is InChI=1S/C60H35BN6O/c1-32-36-22-9-13-26-40(36)64-55-51-46(38-24-11-15-28-42(38)62(51)34-18-5-3-6-19-34)57-49-53(55)66(59(32)64)44-30-17-31-45-48(44)61(49)50-54-56(65-41-27-14-10-23-37(41)33(2)60(65)67(45)54)52-47(58(50)68-57)39-25-12-16-29-43(39)63(52)35-20-7-4-8-21-35/h3-31H,1-2H3. The van der Waals surface area contributed by atoms with E-state index in [0.29, 0.717) is 0 Å². The minimum absolute atomic E-state index is 0.117. The highest BCUT2D eigenvalue weighted by Crippen LogP contribution is 2.53. The summed E-state index contributed by atoms with van der Waals surface area (Å²) in [6, 6.07) is 64.8. The van der Waals surface area contributed by atoms with E-state index in [4.69, 9.17) is 4.74 Å². The Kier molecular flexibility index (Phi) is 5.77. The molecule has 0 amide bonds. The van der Waals surface area contributed by atoms with E-state index < -0.39 is 0 Å². The van der Waals surface area contributed by atoms with Crippen LogP contribution >= 0.6 is 0 Å². The predicted molar refractivity (Wildman–Crippen MR) is 280 cm³/mol. The van der Waals surface area contributed by atoms with Crippen molar-refractivity contribution in [2.45, 2.75) is 13.8 Å². The number of nitrogens with zero attached hydrogens (tertiary/aromatic N) is 6. The van der Waals surface area contributed by atoms with E-state index in [0.717, 1.165) is 55.7 Å². The van der Waals surface area contributed by atoms with Gasteiger partial charge in [0.1, 0.15) is 22.8 Å². The van der Waals surface area contributed by atoms with Crippen LogP contribution in [0.5, 0.6) is 11.5 Å². The molecule has 0 unspecified atom stereocenters. The van der Waals surface area contributed by atoms with Crippen LogP contribution in [0.4, 0.5) is 0 Å². The Labute approximate surface area is 387 Å². The Morgan fingerprint density at radius 3 is 1.19 bits per heavy atom. The molecule has 6 aromatic heterocycles. The molecule has 7 nitrogen and oxygen atoms in total. The van der Waals surface area contributed by atoms with Gasteiger partial charge >= 0.3 is 0 Å². The lowest BCUT2D eigenvalue weighted by Gasteiger charge is -2.38. The average Bonchev–Trinajstić information content (AvgIpc) is 4.22. The van der Waals surface area contributed by atoms with Gasteiger partial charge in [-0.25, -0.2) is 0 Å². The molecule has 0 atom stereocenters. The van der Waals surface area contributed by atoms with Crippen molar-refractivity contribution >= 4 is 122 Å². The number of fused-ring (bicyclic) bond motifs is 22. The quantitative estimate of drug-likeness (QED) is 0.160. The van der Waals surface area contributed by atoms with Crippen molar-refractivity contribution in [3.63, 3.8) is 0 Å². The summed E-state index contributed by atoms with van der Waals surface area (Å²) >= 11 is 0. The number of hydrogen-bond donors (Lipinski definition) is 0. The molecule has 0 saturated carbocycles. The lowest BCUT2D eigenvalue weighted by atomic mass is 9.33. The van der Waals surface area contributed by atoms with Gasteiger partial charge in [0.25, 0.3) is 6.71 Å². The molecule has 0 fully saturated rings. The first-order chi connectivity index (χ1) is 33.7. The second-order valence-corrected chi connectivity index (χ2v) is 19.2. The number of benzene rings is 9. The van der Waals surface area contributed by atoms with E-state index in [1.807, 2.05) is 0 Å². The number of ether oxygens (including phenoxy) is 1. The highest BCUT2D eigenvalue weighted by atomic mass is 16.5. The number of rotatable bonds is 2. The minimum Gasteiger partial charge on any atom is -0.457 e. The second-order valence-electron chi connectivity index (χ2n) is 19.2. The zero-order valence-electron chi connectivity index (χ0n) is 36.9. The summed E-state index contributed by atoms with van der Waals surface area (Å²) < 4.78 is 23.5. The Morgan fingerprint density at radius 2 is 0.735 bits per heavy atom. The Morgan fingerprint density at radius 1 is 0.338 bits per heavy atom. The Bertz CT molecular complexity index is 4600. The van der Waals surface area contributed by atoms with Gasteiger partial charge in [0.2, 0.25) is 0 Å². The largest absolute Gasteiger partial charge is 0.457 e. The number of imidazole rings is 2. The zero-order valence-corrected chi connectivity index (χ0v) is 36.9. The van der Waals surface area contributed by atoms with Gasteiger partial charge in [0.15, 0.2) is 0 Å². The van der Waals surface area contributed by atoms with Gasteiger partial charge in [0, 0.05) is 66.3 Å². The van der Waals surface area contributed by atoms with Crippen LogP contribution in [0.2, 0.25) is 0 Å². The van der Waals surface area contributed by atoms with Crippen molar-refractivity contribution in [2.75, 3.05) is 0 Å². The van der Waals surface area contributed by atoms with Gasteiger partial charge < -0.3 is 13.9 Å². The van der Waals surface area contributed by atoms with Crippen LogP contribution in [0.3, 0.4) is 0 Å². The van der Waals surface area contributed by atoms with Crippen molar-refractivity contribution in [3.8, 4) is 34.2 Å². The summed E-state index contributed by atoms with van der Waals surface area (Å²) in [5.41, 5.74) is 25.3. The van der Waals surface area contributed by atoms with Crippen molar-refractivity contribution < 1.29 is 4.74 Å². The fraction of sp³-hybridized carbons (Fsp3) is 0.0333. The first-order valence-electron chi connectivity index (χ1n) is 23.7. The third-order valence-electron chi connectivity index (χ3n) is 16.3. The van der Waals surface area contributed by atoms with Gasteiger partial charge in [-0.05, 0) is 80.0 Å². The zero-order chi connectivity index (χ0) is 44.0. The molecule has 3 aliphatic rings. The van der Waals surface area contributed by atoms with Gasteiger partial charge in [-0.15, -0.1) is 0 Å². The van der Waals surface area contributed by atoms with E-state index in [9.17, 15) is 0 Å². The molecule has 0 bridgehead atoms. The summed E-state index contributed by atoms with van der Waals surface area (Å²) in [5, 5.41) is 7.16. The van der Waals surface area contributed by atoms with Crippen LogP contribution in [-0.4, -0.2) is 33.8 Å². The minimum atomic E-state index is -0.117. The average molecular weight is 867 g/mol. The summed E-state index contributed by atoms with van der Waals surface area (Å²) in [4.78, 5) is 0. The first-order valence-corrected chi connectivity index (χ1v) is 23.7. The number of aromatic nitrogens is 6. The molecule has 314 valence electrons. The fourth-order valence-corrected chi connectivity index (χ4v) is 13.9. The summed E-state index contributed by atoms with van der Waals surface area (Å²) in [6.07, 6.45) is 0. The maximum absolute atomic E-state index is 8.14. The van der Waals surface area contributed by atoms with Crippen LogP contribution in [0, 0.1) is 13.8 Å². The SMILES string of the molecule is Cc1c2ccccc2n2c3c4c5c(c6c7ccccc7n(-c7ccccc7)c63)Oc3c6c7c(c8c3c3ccccc3n8-c3ccccc3)n3c8ccccc8c(C)c3n7-c3cccc(c3B56)-n4c12. The van der Waals surface area contributed by atoms with Crippen molar-refractivity contribution in [2.24, 2.45) is 0 Å². The van der Waals surface area contributed by atoms with Crippen LogP contribution in [-0.2, 0) is 0 Å². The fourth-order valence-electron chi connectivity index (χ4n) is 13.9. The summed E-state index contributed by atoms with van der Waals surface area (Å²) in [5.74, 6) is 1.90. The molecule has 18 rings (SSSR count). The molecule has 0 aliphatic carbocycles. The van der Waals surface area contributed by atoms with Crippen LogP contribution in [0.25, 0.3) is 122 Å². The molecule has 8 heteroatoms. The van der Waals surface area contributed by atoms with E-state index in [-0.39, 0.29) is 6.71 Å². The van der Waals surface area contributed by atoms with E-state index in [1.54, 1.807) is 0 Å². The topological polar surface area (TPSA) is 37.8 Å². The van der Waals surface area contributed by atoms with Gasteiger partial charge in [-0.3, -0.25) is 17.9 Å². The third kappa shape index (κ3) is 3.55. The lowest BCUT2D eigenvalue weighted by molar-refractivity contribution is 0.500. The molecule has 9 aromatic carbocycles. The number of hydrogen-bond acceptors (Lipinski definition) is 1. The number of para-hydroxylation sites is 6. The molecule has 0 radical (unpaired) electrons. The monoisotopic (exact) mass is 866 g/mol. The third-order valence-corrected chi connectivity index (χ3v) is 16.3. The maximum Gasteiger partial charge on any atom is 0.262 e. The van der Waals surface area contributed by atoms with Crippen LogP contribution in [0.1, 0.15) is 11.1 Å². The molecular formula is C60H35BN6O. The predicted octanol–water partition coefficient (Wildman–Crippen LogP) is 12.4. The number of aryl methyl sites for hydroxylation is 2. The summed E-state index contributed by atoms with van der Waals surface area (Å²) in [6.45, 7) is 4.51.